The van der Waals surface area contributed by atoms with Crippen molar-refractivity contribution in [3.05, 3.63) is 52.8 Å². The van der Waals surface area contributed by atoms with Gasteiger partial charge in [0.25, 0.3) is 0 Å². The molecule has 0 bridgehead atoms. The Morgan fingerprint density at radius 3 is 2.44 bits per heavy atom. The van der Waals surface area contributed by atoms with E-state index in [4.69, 9.17) is 11.6 Å². The van der Waals surface area contributed by atoms with Crippen LogP contribution in [-0.4, -0.2) is 4.98 Å². The number of halogens is 3. The molecule has 4 heteroatoms. The number of benzene rings is 1. The summed E-state index contributed by atoms with van der Waals surface area (Å²) in [6, 6.07) is 5.30. The molecule has 0 aliphatic heterocycles. The molecule has 0 spiro atoms. The molecule has 1 heterocycles. The van der Waals surface area contributed by atoms with Crippen LogP contribution in [0.4, 0.5) is 8.78 Å². The summed E-state index contributed by atoms with van der Waals surface area (Å²) in [4.78, 5) is 3.87. The Morgan fingerprint density at radius 2 is 1.81 bits per heavy atom. The quantitative estimate of drug-likeness (QED) is 0.686. The van der Waals surface area contributed by atoms with E-state index in [2.05, 4.69) is 4.98 Å². The van der Waals surface area contributed by atoms with E-state index in [1.54, 1.807) is 19.2 Å². The molecule has 0 unspecified atom stereocenters. The number of nitrogens with zero attached hydrogens (tertiary/aromatic N) is 1. The first kappa shape index (κ1) is 11.0. The molecule has 0 fully saturated rings. The van der Waals surface area contributed by atoms with Crippen molar-refractivity contribution in [2.45, 2.75) is 6.92 Å². The van der Waals surface area contributed by atoms with E-state index in [-0.39, 0.29) is 16.3 Å². The van der Waals surface area contributed by atoms with E-state index in [1.165, 1.54) is 18.2 Å². The van der Waals surface area contributed by atoms with Gasteiger partial charge >= 0.3 is 0 Å². The van der Waals surface area contributed by atoms with Crippen molar-refractivity contribution in [1.82, 2.24) is 4.98 Å². The van der Waals surface area contributed by atoms with Crippen molar-refractivity contribution < 1.29 is 8.78 Å². The van der Waals surface area contributed by atoms with Gasteiger partial charge < -0.3 is 0 Å². The van der Waals surface area contributed by atoms with E-state index < -0.39 is 11.6 Å². The van der Waals surface area contributed by atoms with Gasteiger partial charge in [-0.15, -0.1) is 0 Å². The van der Waals surface area contributed by atoms with E-state index in [1.807, 2.05) is 0 Å². The van der Waals surface area contributed by atoms with Gasteiger partial charge in [-0.2, -0.15) is 0 Å². The van der Waals surface area contributed by atoms with Gasteiger partial charge in [0.05, 0.1) is 5.56 Å². The third kappa shape index (κ3) is 1.91. The summed E-state index contributed by atoms with van der Waals surface area (Å²) in [6.07, 6.45) is 1.55. The van der Waals surface area contributed by atoms with E-state index in [9.17, 15) is 8.78 Å². The molecule has 0 radical (unpaired) electrons. The Balaban J connectivity index is 2.72. The molecule has 2 rings (SSSR count). The number of rotatable bonds is 1. The van der Waals surface area contributed by atoms with Gasteiger partial charge in [0.1, 0.15) is 16.8 Å². The molecule has 82 valence electrons. The Labute approximate surface area is 96.7 Å². The second-order valence-electron chi connectivity index (χ2n) is 3.45. The molecule has 1 nitrogen and oxygen atoms in total. The lowest BCUT2D eigenvalue weighted by atomic mass is 10.1. The Hall–Kier alpha value is -1.48. The van der Waals surface area contributed by atoms with Crippen molar-refractivity contribution in [1.29, 1.82) is 0 Å². The van der Waals surface area contributed by atoms with Gasteiger partial charge in [-0.3, -0.25) is 0 Å². The molecule has 0 aliphatic carbocycles. The molecule has 0 saturated heterocycles. The zero-order valence-corrected chi connectivity index (χ0v) is 9.22. The molecule has 0 N–H and O–H groups in total. The van der Waals surface area contributed by atoms with Crippen LogP contribution in [-0.2, 0) is 0 Å². The highest BCUT2D eigenvalue weighted by molar-refractivity contribution is 6.32. The second-order valence-corrected chi connectivity index (χ2v) is 3.81. The SMILES string of the molecule is Cc1cnc(Cl)c(-c2c(F)cccc2F)c1. The van der Waals surface area contributed by atoms with Crippen LogP contribution in [0, 0.1) is 18.6 Å². The number of hydrogen-bond donors (Lipinski definition) is 0. The van der Waals surface area contributed by atoms with Crippen molar-refractivity contribution in [2.24, 2.45) is 0 Å². The summed E-state index contributed by atoms with van der Waals surface area (Å²) >= 11 is 5.83. The average Bonchev–Trinajstić information content (AvgIpc) is 2.23. The largest absolute Gasteiger partial charge is 0.244 e. The van der Waals surface area contributed by atoms with E-state index >= 15 is 0 Å². The number of pyridine rings is 1. The highest BCUT2D eigenvalue weighted by Gasteiger charge is 2.14. The zero-order chi connectivity index (χ0) is 11.7. The van der Waals surface area contributed by atoms with Gasteiger partial charge in [0.15, 0.2) is 0 Å². The lowest BCUT2D eigenvalue weighted by Crippen LogP contribution is -1.92. The van der Waals surface area contributed by atoms with Gasteiger partial charge in [0, 0.05) is 11.8 Å². The summed E-state index contributed by atoms with van der Waals surface area (Å²) < 4.78 is 27.0. The topological polar surface area (TPSA) is 12.9 Å². The number of aromatic nitrogens is 1. The zero-order valence-electron chi connectivity index (χ0n) is 8.47. The van der Waals surface area contributed by atoms with Crippen LogP contribution >= 0.6 is 11.6 Å². The second kappa shape index (κ2) is 4.18. The maximum absolute atomic E-state index is 13.5. The van der Waals surface area contributed by atoms with Crippen LogP contribution in [0.3, 0.4) is 0 Å². The summed E-state index contributed by atoms with van der Waals surface area (Å²) in [5.74, 6) is -1.29. The van der Waals surface area contributed by atoms with Gasteiger partial charge in [-0.05, 0) is 30.7 Å². The third-order valence-corrected chi connectivity index (χ3v) is 2.51. The van der Waals surface area contributed by atoms with Crippen molar-refractivity contribution >= 4 is 11.6 Å². The summed E-state index contributed by atoms with van der Waals surface area (Å²) in [7, 11) is 0. The average molecular weight is 240 g/mol. The van der Waals surface area contributed by atoms with Gasteiger partial charge in [-0.25, -0.2) is 13.8 Å². The van der Waals surface area contributed by atoms with Crippen molar-refractivity contribution in [3.63, 3.8) is 0 Å². The number of aryl methyl sites for hydroxylation is 1. The molecular weight excluding hydrogens is 232 g/mol. The van der Waals surface area contributed by atoms with Crippen LogP contribution in [0.5, 0.6) is 0 Å². The van der Waals surface area contributed by atoms with Crippen LogP contribution in [0.2, 0.25) is 5.15 Å². The van der Waals surface area contributed by atoms with Crippen LogP contribution < -0.4 is 0 Å². The van der Waals surface area contributed by atoms with E-state index in [0.717, 1.165) is 5.56 Å². The molecule has 0 aliphatic rings. The van der Waals surface area contributed by atoms with Crippen molar-refractivity contribution in [3.8, 4) is 11.1 Å². The Bertz CT molecular complexity index is 520. The third-order valence-electron chi connectivity index (χ3n) is 2.21. The number of hydrogen-bond acceptors (Lipinski definition) is 1. The van der Waals surface area contributed by atoms with Crippen LogP contribution in [0.15, 0.2) is 30.5 Å². The standard InChI is InChI=1S/C12H8ClF2N/c1-7-5-8(12(13)16-6-7)11-9(14)3-2-4-10(11)15/h2-6H,1H3. The molecule has 1 aromatic heterocycles. The van der Waals surface area contributed by atoms with Gasteiger partial charge in [0.2, 0.25) is 0 Å². The molecule has 0 atom stereocenters. The summed E-state index contributed by atoms with van der Waals surface area (Å²) in [5, 5.41) is 0.0922. The lowest BCUT2D eigenvalue weighted by Gasteiger charge is -2.07. The minimum Gasteiger partial charge on any atom is -0.244 e. The minimum absolute atomic E-state index is 0.0922. The fourth-order valence-corrected chi connectivity index (χ4v) is 1.68. The highest BCUT2D eigenvalue weighted by Crippen LogP contribution is 2.31. The molecule has 0 saturated carbocycles. The first-order chi connectivity index (χ1) is 7.59. The summed E-state index contributed by atoms with van der Waals surface area (Å²) in [6.45, 7) is 1.78. The van der Waals surface area contributed by atoms with Gasteiger partial charge in [-0.1, -0.05) is 17.7 Å². The van der Waals surface area contributed by atoms with Crippen LogP contribution in [0.1, 0.15) is 5.56 Å². The molecule has 2 aromatic rings. The molecule has 0 amide bonds. The fourth-order valence-electron chi connectivity index (χ4n) is 1.48. The smallest absolute Gasteiger partial charge is 0.137 e. The normalized spacial score (nSPS) is 10.5. The fraction of sp³-hybridized carbons (Fsp3) is 0.0833. The van der Waals surface area contributed by atoms with E-state index in [0.29, 0.717) is 0 Å². The first-order valence-corrected chi connectivity index (χ1v) is 5.04. The maximum Gasteiger partial charge on any atom is 0.137 e. The predicted molar refractivity (Wildman–Crippen MR) is 59.3 cm³/mol. The molecular formula is C12H8ClF2N. The molecule has 16 heavy (non-hydrogen) atoms. The minimum atomic E-state index is -0.644. The monoisotopic (exact) mass is 239 g/mol. The Morgan fingerprint density at radius 1 is 1.19 bits per heavy atom. The lowest BCUT2D eigenvalue weighted by molar-refractivity contribution is 0.589. The maximum atomic E-state index is 13.5. The highest BCUT2D eigenvalue weighted by atomic mass is 35.5. The summed E-state index contributed by atoms with van der Waals surface area (Å²) in [5.41, 5.74) is 0.933. The predicted octanol–water partition coefficient (Wildman–Crippen LogP) is 3.99. The van der Waals surface area contributed by atoms with Crippen molar-refractivity contribution in [2.75, 3.05) is 0 Å². The Kier molecular flexibility index (Phi) is 2.88. The molecule has 1 aromatic carbocycles. The first-order valence-electron chi connectivity index (χ1n) is 4.66. The van der Waals surface area contributed by atoms with Crippen LogP contribution in [0.25, 0.3) is 11.1 Å².